The Kier molecular flexibility index (Phi) is 7.45. The lowest BCUT2D eigenvalue weighted by molar-refractivity contribution is -0.145. The number of rotatable bonds is 4. The summed E-state index contributed by atoms with van der Waals surface area (Å²) in [7, 11) is 0. The molecule has 2 heterocycles. The van der Waals surface area contributed by atoms with Crippen LogP contribution in [0.4, 0.5) is 17.6 Å². The molecule has 2 N–H and O–H groups in total. The molecular weight excluding hydrogens is 376 g/mol. The highest BCUT2D eigenvalue weighted by Crippen LogP contribution is 2.27. The summed E-state index contributed by atoms with van der Waals surface area (Å²) in [6.07, 6.45) is 0.566. The van der Waals surface area contributed by atoms with Crippen molar-refractivity contribution in [1.29, 1.82) is 0 Å². The van der Waals surface area contributed by atoms with Crippen molar-refractivity contribution >= 4 is 6.41 Å². The number of amides is 1. The highest BCUT2D eigenvalue weighted by Gasteiger charge is 2.34. The van der Waals surface area contributed by atoms with Crippen molar-refractivity contribution in [2.24, 2.45) is 0 Å². The minimum atomic E-state index is -4.61. The predicted octanol–water partition coefficient (Wildman–Crippen LogP) is 3.69. The number of nitrogens with zero attached hydrogens (tertiary/aromatic N) is 2. The van der Waals surface area contributed by atoms with Gasteiger partial charge >= 0.3 is 6.18 Å². The van der Waals surface area contributed by atoms with Gasteiger partial charge in [-0.1, -0.05) is 6.07 Å². The number of benzene rings is 1. The molecule has 1 saturated heterocycles. The topological polar surface area (TPSA) is 66.9 Å². The van der Waals surface area contributed by atoms with E-state index in [2.05, 4.69) is 34.4 Å². The Labute approximate surface area is 160 Å². The van der Waals surface area contributed by atoms with E-state index < -0.39 is 17.8 Å². The van der Waals surface area contributed by atoms with Crippen LogP contribution in [0.5, 0.6) is 0 Å². The van der Waals surface area contributed by atoms with Crippen LogP contribution in [-0.2, 0) is 17.5 Å². The van der Waals surface area contributed by atoms with Crippen LogP contribution < -0.4 is 10.6 Å². The zero-order valence-corrected chi connectivity index (χ0v) is 15.6. The van der Waals surface area contributed by atoms with Gasteiger partial charge in [-0.25, -0.2) is 14.4 Å². The minimum Gasteiger partial charge on any atom is -0.354 e. The second-order valence-electron chi connectivity index (χ2n) is 6.64. The van der Waals surface area contributed by atoms with Crippen molar-refractivity contribution in [2.45, 2.75) is 51.5 Å². The highest BCUT2D eigenvalue weighted by molar-refractivity contribution is 5.62. The van der Waals surface area contributed by atoms with Gasteiger partial charge in [-0.2, -0.15) is 13.2 Å². The van der Waals surface area contributed by atoms with E-state index in [1.54, 1.807) is 0 Å². The molecule has 9 heteroatoms. The van der Waals surface area contributed by atoms with Crippen molar-refractivity contribution in [3.05, 3.63) is 47.8 Å². The van der Waals surface area contributed by atoms with Gasteiger partial charge in [-0.05, 0) is 44.4 Å². The van der Waals surface area contributed by atoms with Gasteiger partial charge in [0.1, 0.15) is 5.82 Å². The number of hydrogen-bond donors (Lipinski definition) is 2. The molecule has 0 radical (unpaired) electrons. The molecule has 0 aliphatic carbocycles. The van der Waals surface area contributed by atoms with Gasteiger partial charge in [0, 0.05) is 42.1 Å². The fourth-order valence-corrected chi connectivity index (χ4v) is 2.82. The van der Waals surface area contributed by atoms with E-state index in [4.69, 9.17) is 0 Å². The van der Waals surface area contributed by atoms with E-state index in [0.717, 1.165) is 30.5 Å². The fourth-order valence-electron chi connectivity index (χ4n) is 2.82. The minimum absolute atomic E-state index is 0.0231. The number of aromatic nitrogens is 2. The van der Waals surface area contributed by atoms with Gasteiger partial charge in [0.05, 0.1) is 0 Å². The molecule has 5 nitrogen and oxygen atoms in total. The standard InChI is InChI=1S/C13H9F4N3O.C6H13N/c14-11-2-1-8(3-9(11)4-18-7-21)10-5-19-12(20-6-10)13(15,16)17;1-5-3-4-6(2)7-5/h1-3,5-7H,4H2,(H,18,21);5-7H,3-4H2,1-2H3. The first-order chi connectivity index (χ1) is 13.2. The molecule has 1 aromatic heterocycles. The lowest BCUT2D eigenvalue weighted by atomic mass is 10.1. The van der Waals surface area contributed by atoms with E-state index >= 15 is 0 Å². The first-order valence-electron chi connectivity index (χ1n) is 8.81. The molecule has 1 aliphatic heterocycles. The zero-order valence-electron chi connectivity index (χ0n) is 15.6. The molecule has 1 amide bonds. The van der Waals surface area contributed by atoms with Crippen molar-refractivity contribution in [2.75, 3.05) is 0 Å². The lowest BCUT2D eigenvalue weighted by Crippen LogP contribution is -2.23. The fraction of sp³-hybridized carbons (Fsp3) is 0.421. The number of carbonyl (C=O) groups is 1. The van der Waals surface area contributed by atoms with Crippen molar-refractivity contribution in [3.8, 4) is 11.1 Å². The normalized spacial score (nSPS) is 18.9. The first kappa shape index (κ1) is 21.7. The molecule has 1 fully saturated rings. The maximum Gasteiger partial charge on any atom is 0.451 e. The smallest absolute Gasteiger partial charge is 0.354 e. The van der Waals surface area contributed by atoms with E-state index in [1.165, 1.54) is 25.0 Å². The Bertz CT molecular complexity index is 772. The summed E-state index contributed by atoms with van der Waals surface area (Å²) in [6, 6.07) is 5.52. The van der Waals surface area contributed by atoms with Gasteiger partial charge in [0.15, 0.2) is 0 Å². The van der Waals surface area contributed by atoms with Gasteiger partial charge in [-0.15, -0.1) is 0 Å². The molecule has 152 valence electrons. The van der Waals surface area contributed by atoms with Crippen LogP contribution in [0.2, 0.25) is 0 Å². The number of hydrogen-bond acceptors (Lipinski definition) is 4. The molecule has 0 spiro atoms. The number of carbonyl (C=O) groups excluding carboxylic acids is 1. The average Bonchev–Trinajstić information content (AvgIpc) is 3.04. The summed E-state index contributed by atoms with van der Waals surface area (Å²) in [4.78, 5) is 16.7. The number of nitrogens with one attached hydrogen (secondary N) is 2. The third kappa shape index (κ3) is 6.26. The van der Waals surface area contributed by atoms with E-state index in [9.17, 15) is 22.4 Å². The van der Waals surface area contributed by atoms with E-state index in [1.807, 2.05) is 0 Å². The Morgan fingerprint density at radius 1 is 1.14 bits per heavy atom. The third-order valence-corrected chi connectivity index (χ3v) is 4.26. The van der Waals surface area contributed by atoms with Crippen LogP contribution in [0.3, 0.4) is 0 Å². The molecule has 2 aromatic rings. The second kappa shape index (κ2) is 9.59. The van der Waals surface area contributed by atoms with Crippen molar-refractivity contribution in [1.82, 2.24) is 20.6 Å². The largest absolute Gasteiger partial charge is 0.451 e. The average molecular weight is 398 g/mol. The van der Waals surface area contributed by atoms with Crippen molar-refractivity contribution < 1.29 is 22.4 Å². The molecule has 1 aromatic carbocycles. The monoisotopic (exact) mass is 398 g/mol. The van der Waals surface area contributed by atoms with Gasteiger partial charge in [0.25, 0.3) is 0 Å². The Morgan fingerprint density at radius 3 is 2.21 bits per heavy atom. The summed E-state index contributed by atoms with van der Waals surface area (Å²) >= 11 is 0. The van der Waals surface area contributed by atoms with Crippen LogP contribution in [-0.4, -0.2) is 28.5 Å². The van der Waals surface area contributed by atoms with Crippen molar-refractivity contribution in [3.63, 3.8) is 0 Å². The summed E-state index contributed by atoms with van der Waals surface area (Å²) in [5.41, 5.74) is 0.975. The Balaban J connectivity index is 0.000000336. The Morgan fingerprint density at radius 2 is 1.75 bits per heavy atom. The zero-order chi connectivity index (χ0) is 20.7. The van der Waals surface area contributed by atoms with Crippen LogP contribution >= 0.6 is 0 Å². The summed E-state index contributed by atoms with van der Waals surface area (Å²) in [6.45, 7) is 4.46. The molecule has 0 bridgehead atoms. The molecule has 0 saturated carbocycles. The molecule has 1 aliphatic rings. The molecule has 28 heavy (non-hydrogen) atoms. The SMILES string of the molecule is CC1CCC(C)N1.O=CNCc1cc(-c2cnc(C(F)(F)F)nc2)ccc1F. The van der Waals surface area contributed by atoms with Crippen LogP contribution in [0.25, 0.3) is 11.1 Å². The van der Waals surface area contributed by atoms with Crippen LogP contribution in [0, 0.1) is 5.82 Å². The maximum atomic E-state index is 13.5. The van der Waals surface area contributed by atoms with Crippen LogP contribution in [0.1, 0.15) is 38.1 Å². The third-order valence-electron chi connectivity index (χ3n) is 4.26. The lowest BCUT2D eigenvalue weighted by Gasteiger charge is -2.08. The molecule has 2 unspecified atom stereocenters. The second-order valence-corrected chi connectivity index (χ2v) is 6.64. The van der Waals surface area contributed by atoms with Gasteiger partial charge < -0.3 is 10.6 Å². The van der Waals surface area contributed by atoms with Gasteiger partial charge in [-0.3, -0.25) is 4.79 Å². The van der Waals surface area contributed by atoms with E-state index in [0.29, 0.717) is 17.5 Å². The van der Waals surface area contributed by atoms with Crippen LogP contribution in [0.15, 0.2) is 30.6 Å². The summed E-state index contributed by atoms with van der Waals surface area (Å²) in [5.74, 6) is -1.77. The summed E-state index contributed by atoms with van der Waals surface area (Å²) < 4.78 is 50.6. The number of alkyl halides is 3. The molecular formula is C19H22F4N4O. The number of halogens is 4. The predicted molar refractivity (Wildman–Crippen MR) is 96.6 cm³/mol. The van der Waals surface area contributed by atoms with Gasteiger partial charge in [0.2, 0.25) is 12.2 Å². The quantitative estimate of drug-likeness (QED) is 0.609. The highest BCUT2D eigenvalue weighted by atomic mass is 19.4. The summed E-state index contributed by atoms with van der Waals surface area (Å²) in [5, 5.41) is 5.73. The Hall–Kier alpha value is -2.55. The van der Waals surface area contributed by atoms with E-state index in [-0.39, 0.29) is 12.1 Å². The maximum absolute atomic E-state index is 13.5. The molecule has 3 rings (SSSR count). The first-order valence-corrected chi connectivity index (χ1v) is 8.81. The molecule has 2 atom stereocenters.